The maximum atomic E-state index is 12.6. The number of halogens is 2. The fourth-order valence-electron chi connectivity index (χ4n) is 1.88. The van der Waals surface area contributed by atoms with Gasteiger partial charge in [-0.05, 0) is 58.5 Å². The summed E-state index contributed by atoms with van der Waals surface area (Å²) in [5, 5.41) is 2.04. The van der Waals surface area contributed by atoms with Crippen molar-refractivity contribution in [2.75, 3.05) is 0 Å². The van der Waals surface area contributed by atoms with Crippen LogP contribution in [-0.4, -0.2) is 0 Å². The quantitative estimate of drug-likeness (QED) is 0.593. The molecule has 3 heteroatoms. The predicted octanol–water partition coefficient (Wildman–Crippen LogP) is 4.66. The van der Waals surface area contributed by atoms with E-state index >= 15 is 0 Å². The van der Waals surface area contributed by atoms with Crippen molar-refractivity contribution in [2.24, 2.45) is 0 Å². The van der Waals surface area contributed by atoms with E-state index in [2.05, 4.69) is 28.7 Å². The number of hydrogen-bond acceptors (Lipinski definition) is 1. The second kappa shape index (κ2) is 3.73. The van der Waals surface area contributed by atoms with Crippen LogP contribution in [0.15, 0.2) is 40.8 Å². The Morgan fingerprint density at radius 2 is 1.69 bits per heavy atom. The van der Waals surface area contributed by atoms with Gasteiger partial charge in [-0.1, -0.05) is 6.07 Å². The summed E-state index contributed by atoms with van der Waals surface area (Å²) in [5.41, 5.74) is 2.36. The first-order chi connectivity index (χ1) is 7.78. The molecule has 0 atom stereocenters. The lowest BCUT2D eigenvalue weighted by atomic mass is 10.1. The van der Waals surface area contributed by atoms with E-state index in [9.17, 15) is 4.39 Å². The Morgan fingerprint density at radius 1 is 1.00 bits per heavy atom. The Bertz CT molecular complexity index is 672. The summed E-state index contributed by atoms with van der Waals surface area (Å²) in [4.78, 5) is 0. The van der Waals surface area contributed by atoms with E-state index < -0.39 is 6.67 Å². The molecule has 0 aliphatic carbocycles. The Balaban J connectivity index is 2.44. The topological polar surface area (TPSA) is 13.1 Å². The van der Waals surface area contributed by atoms with Crippen molar-refractivity contribution in [1.82, 2.24) is 0 Å². The average Bonchev–Trinajstić information content (AvgIpc) is 2.66. The van der Waals surface area contributed by atoms with Gasteiger partial charge in [-0.2, -0.15) is 0 Å². The van der Waals surface area contributed by atoms with Crippen molar-refractivity contribution in [3.8, 4) is 0 Å². The highest BCUT2D eigenvalue weighted by atomic mass is 127. The van der Waals surface area contributed by atoms with Crippen LogP contribution in [0.5, 0.6) is 0 Å². The van der Waals surface area contributed by atoms with Crippen molar-refractivity contribution < 1.29 is 8.81 Å². The molecular formula is C13H8FIO. The zero-order valence-electron chi connectivity index (χ0n) is 8.34. The summed E-state index contributed by atoms with van der Waals surface area (Å²) in [6.07, 6.45) is 0. The third-order valence-electron chi connectivity index (χ3n) is 2.65. The molecule has 1 aromatic heterocycles. The number of benzene rings is 2. The molecule has 0 fully saturated rings. The Hall–Kier alpha value is -1.10. The van der Waals surface area contributed by atoms with Gasteiger partial charge in [-0.15, -0.1) is 0 Å². The molecule has 16 heavy (non-hydrogen) atoms. The van der Waals surface area contributed by atoms with Crippen LogP contribution < -0.4 is 0 Å². The van der Waals surface area contributed by atoms with Crippen LogP contribution in [0, 0.1) is 3.57 Å². The summed E-state index contributed by atoms with van der Waals surface area (Å²) in [5.74, 6) is 0. The molecule has 2 aromatic carbocycles. The van der Waals surface area contributed by atoms with E-state index in [0.717, 1.165) is 25.5 Å². The van der Waals surface area contributed by atoms with Gasteiger partial charge < -0.3 is 4.42 Å². The van der Waals surface area contributed by atoms with Crippen molar-refractivity contribution >= 4 is 44.5 Å². The molecule has 0 saturated carbocycles. The van der Waals surface area contributed by atoms with Crippen LogP contribution in [0.4, 0.5) is 4.39 Å². The average molecular weight is 326 g/mol. The molecule has 0 amide bonds. The SMILES string of the molecule is FCc1ccc2oc3ccc(I)cc3c2c1. The molecule has 0 bridgehead atoms. The molecule has 1 heterocycles. The highest BCUT2D eigenvalue weighted by Gasteiger charge is 2.07. The third kappa shape index (κ3) is 1.50. The van der Waals surface area contributed by atoms with Crippen molar-refractivity contribution in [2.45, 2.75) is 6.67 Å². The third-order valence-corrected chi connectivity index (χ3v) is 3.32. The van der Waals surface area contributed by atoms with Gasteiger partial charge in [0.2, 0.25) is 0 Å². The number of furan rings is 1. The lowest BCUT2D eigenvalue weighted by molar-refractivity contribution is 0.485. The lowest BCUT2D eigenvalue weighted by Gasteiger charge is -1.94. The van der Waals surface area contributed by atoms with Gasteiger partial charge in [0.25, 0.3) is 0 Å². The van der Waals surface area contributed by atoms with Crippen LogP contribution >= 0.6 is 22.6 Å². The molecular weight excluding hydrogens is 318 g/mol. The van der Waals surface area contributed by atoms with E-state index in [4.69, 9.17) is 4.42 Å². The predicted molar refractivity (Wildman–Crippen MR) is 71.2 cm³/mol. The van der Waals surface area contributed by atoms with Gasteiger partial charge in [0.1, 0.15) is 17.8 Å². The summed E-state index contributed by atoms with van der Waals surface area (Å²) in [6, 6.07) is 11.5. The fourth-order valence-corrected chi connectivity index (χ4v) is 2.37. The van der Waals surface area contributed by atoms with Crippen LogP contribution in [0.1, 0.15) is 5.56 Å². The molecule has 0 spiro atoms. The highest BCUT2D eigenvalue weighted by molar-refractivity contribution is 14.1. The number of fused-ring (bicyclic) bond motifs is 3. The van der Waals surface area contributed by atoms with Gasteiger partial charge in [-0.3, -0.25) is 0 Å². The first-order valence-electron chi connectivity index (χ1n) is 4.94. The summed E-state index contributed by atoms with van der Waals surface area (Å²) in [7, 11) is 0. The lowest BCUT2D eigenvalue weighted by Crippen LogP contribution is -1.76. The van der Waals surface area contributed by atoms with Crippen molar-refractivity contribution in [1.29, 1.82) is 0 Å². The monoisotopic (exact) mass is 326 g/mol. The minimum atomic E-state index is -0.438. The van der Waals surface area contributed by atoms with Crippen LogP contribution in [-0.2, 0) is 6.67 Å². The zero-order chi connectivity index (χ0) is 11.1. The summed E-state index contributed by atoms with van der Waals surface area (Å²) >= 11 is 2.26. The van der Waals surface area contributed by atoms with E-state index in [1.54, 1.807) is 6.07 Å². The van der Waals surface area contributed by atoms with Crippen LogP contribution in [0.3, 0.4) is 0 Å². The minimum absolute atomic E-state index is 0.438. The number of alkyl halides is 1. The molecule has 3 aromatic rings. The standard InChI is InChI=1S/C13H8FIO/c14-7-8-1-3-12-10(5-8)11-6-9(15)2-4-13(11)16-12/h1-6H,7H2. The van der Waals surface area contributed by atoms with Gasteiger partial charge in [0.15, 0.2) is 0 Å². The van der Waals surface area contributed by atoms with Crippen molar-refractivity contribution in [3.63, 3.8) is 0 Å². The van der Waals surface area contributed by atoms with Gasteiger partial charge in [0.05, 0.1) is 0 Å². The molecule has 1 nitrogen and oxygen atoms in total. The van der Waals surface area contributed by atoms with Crippen LogP contribution in [0.25, 0.3) is 21.9 Å². The molecule has 3 rings (SSSR count). The van der Waals surface area contributed by atoms with Gasteiger partial charge >= 0.3 is 0 Å². The number of hydrogen-bond donors (Lipinski definition) is 0. The highest BCUT2D eigenvalue weighted by Crippen LogP contribution is 2.30. The molecule has 0 radical (unpaired) electrons. The fraction of sp³-hybridized carbons (Fsp3) is 0.0769. The largest absolute Gasteiger partial charge is 0.456 e. The Morgan fingerprint density at radius 3 is 2.44 bits per heavy atom. The Labute approximate surface area is 105 Å². The molecule has 0 saturated heterocycles. The zero-order valence-corrected chi connectivity index (χ0v) is 10.5. The maximum Gasteiger partial charge on any atom is 0.135 e. The van der Waals surface area contributed by atoms with E-state index in [-0.39, 0.29) is 0 Å². The molecule has 0 N–H and O–H groups in total. The van der Waals surface area contributed by atoms with Crippen LogP contribution in [0.2, 0.25) is 0 Å². The molecule has 0 aliphatic rings. The molecule has 0 unspecified atom stereocenters. The van der Waals surface area contributed by atoms with Crippen molar-refractivity contribution in [3.05, 3.63) is 45.5 Å². The van der Waals surface area contributed by atoms with Gasteiger partial charge in [-0.25, -0.2) is 4.39 Å². The summed E-state index contributed by atoms with van der Waals surface area (Å²) < 4.78 is 19.4. The Kier molecular flexibility index (Phi) is 2.35. The summed E-state index contributed by atoms with van der Waals surface area (Å²) in [6.45, 7) is -0.438. The maximum absolute atomic E-state index is 12.6. The van der Waals surface area contributed by atoms with E-state index in [1.165, 1.54) is 0 Å². The first-order valence-corrected chi connectivity index (χ1v) is 6.02. The van der Waals surface area contributed by atoms with E-state index in [1.807, 2.05) is 24.3 Å². The number of rotatable bonds is 1. The normalized spacial score (nSPS) is 11.4. The minimum Gasteiger partial charge on any atom is -0.456 e. The second-order valence-electron chi connectivity index (χ2n) is 3.71. The molecule has 0 aliphatic heterocycles. The van der Waals surface area contributed by atoms with E-state index in [0.29, 0.717) is 5.56 Å². The van der Waals surface area contributed by atoms with Gasteiger partial charge in [0, 0.05) is 14.3 Å². The first kappa shape index (κ1) is 10.1. The smallest absolute Gasteiger partial charge is 0.135 e. The molecule has 80 valence electrons. The second-order valence-corrected chi connectivity index (χ2v) is 4.95.